The summed E-state index contributed by atoms with van der Waals surface area (Å²) in [6.07, 6.45) is 2.59. The Balaban J connectivity index is 0.00000420. The molecule has 0 unspecified atom stereocenters. The minimum atomic E-state index is -0.200. The largest absolute Gasteiger partial charge is 0.370 e. The molecule has 2 rings (SSSR count). The summed E-state index contributed by atoms with van der Waals surface area (Å²) in [6.45, 7) is 12.3. The minimum absolute atomic E-state index is 0. The molecule has 0 atom stereocenters. The van der Waals surface area contributed by atoms with E-state index in [-0.39, 0.29) is 29.8 Å². The zero-order valence-corrected chi connectivity index (χ0v) is 20.1. The number of anilines is 1. The molecule has 0 saturated heterocycles. The van der Waals surface area contributed by atoms with Gasteiger partial charge in [-0.2, -0.15) is 0 Å². The highest BCUT2D eigenvalue weighted by Crippen LogP contribution is 2.20. The number of nitrogens with one attached hydrogen (secondary N) is 2. The van der Waals surface area contributed by atoms with Crippen LogP contribution in [0.1, 0.15) is 39.1 Å². The first-order chi connectivity index (χ1) is 13.6. The molecule has 1 heterocycles. The fraction of sp³-hybridized carbons (Fsp3) is 0.550. The summed E-state index contributed by atoms with van der Waals surface area (Å²) in [5, 5.41) is 14.6. The Labute approximate surface area is 190 Å². The molecule has 9 heteroatoms. The lowest BCUT2D eigenvalue weighted by atomic mass is 10.2. The molecule has 162 valence electrons. The van der Waals surface area contributed by atoms with Crippen molar-refractivity contribution >= 4 is 35.6 Å². The van der Waals surface area contributed by atoms with Gasteiger partial charge in [0.05, 0.1) is 12.2 Å². The van der Waals surface area contributed by atoms with E-state index in [0.29, 0.717) is 24.7 Å². The van der Waals surface area contributed by atoms with Crippen LogP contribution in [0.4, 0.5) is 10.1 Å². The number of rotatable bonds is 10. The molecule has 0 saturated carbocycles. The van der Waals surface area contributed by atoms with Gasteiger partial charge in [-0.3, -0.25) is 0 Å². The SMILES string of the molecule is CCNC(=NCc1ccc(N(CC)CC)c(F)c1)NCCn1cnnc1CC.I. The monoisotopic (exact) mass is 517 g/mol. The molecule has 7 nitrogen and oxygen atoms in total. The number of aromatic nitrogens is 3. The molecule has 0 radical (unpaired) electrons. The highest BCUT2D eigenvalue weighted by atomic mass is 127. The van der Waals surface area contributed by atoms with Crippen molar-refractivity contribution in [3.63, 3.8) is 0 Å². The summed E-state index contributed by atoms with van der Waals surface area (Å²) in [6, 6.07) is 5.35. The summed E-state index contributed by atoms with van der Waals surface area (Å²) in [4.78, 5) is 6.58. The molecule has 0 fully saturated rings. The zero-order valence-electron chi connectivity index (χ0n) is 17.8. The molecule has 2 N–H and O–H groups in total. The lowest BCUT2D eigenvalue weighted by Crippen LogP contribution is -2.38. The van der Waals surface area contributed by atoms with Gasteiger partial charge < -0.3 is 20.1 Å². The third-order valence-electron chi connectivity index (χ3n) is 4.54. The number of aliphatic imine (C=N–C) groups is 1. The van der Waals surface area contributed by atoms with Gasteiger partial charge in [-0.25, -0.2) is 9.38 Å². The number of hydrogen-bond donors (Lipinski definition) is 2. The predicted octanol–water partition coefficient (Wildman–Crippen LogP) is 3.20. The molecule has 0 amide bonds. The van der Waals surface area contributed by atoms with Crippen LogP contribution >= 0.6 is 24.0 Å². The Hall–Kier alpha value is -1.91. The van der Waals surface area contributed by atoms with E-state index in [9.17, 15) is 4.39 Å². The van der Waals surface area contributed by atoms with E-state index >= 15 is 0 Å². The van der Waals surface area contributed by atoms with Crippen molar-refractivity contribution < 1.29 is 4.39 Å². The second kappa shape index (κ2) is 13.3. The molecule has 0 aliphatic heterocycles. The highest BCUT2D eigenvalue weighted by molar-refractivity contribution is 14.0. The second-order valence-corrected chi connectivity index (χ2v) is 6.37. The van der Waals surface area contributed by atoms with Gasteiger partial charge in [0.2, 0.25) is 0 Å². The number of hydrogen-bond acceptors (Lipinski definition) is 4. The summed E-state index contributed by atoms with van der Waals surface area (Å²) >= 11 is 0. The van der Waals surface area contributed by atoms with Gasteiger partial charge in [0.15, 0.2) is 5.96 Å². The van der Waals surface area contributed by atoms with Crippen LogP contribution in [0, 0.1) is 5.82 Å². The Morgan fingerprint density at radius 2 is 1.93 bits per heavy atom. The van der Waals surface area contributed by atoms with E-state index in [1.54, 1.807) is 12.4 Å². The van der Waals surface area contributed by atoms with E-state index in [1.807, 2.05) is 42.4 Å². The van der Waals surface area contributed by atoms with Gasteiger partial charge in [0, 0.05) is 39.1 Å². The van der Waals surface area contributed by atoms with Crippen LogP contribution in [0.5, 0.6) is 0 Å². The number of nitrogens with zero attached hydrogens (tertiary/aromatic N) is 5. The van der Waals surface area contributed by atoms with E-state index in [1.165, 1.54) is 0 Å². The minimum Gasteiger partial charge on any atom is -0.370 e. The van der Waals surface area contributed by atoms with Crippen LogP contribution in [-0.2, 0) is 19.5 Å². The van der Waals surface area contributed by atoms with Crippen LogP contribution in [0.25, 0.3) is 0 Å². The topological polar surface area (TPSA) is 70.4 Å². The number of aryl methyl sites for hydroxylation is 1. The van der Waals surface area contributed by atoms with E-state index < -0.39 is 0 Å². The Morgan fingerprint density at radius 3 is 2.55 bits per heavy atom. The third kappa shape index (κ3) is 7.45. The number of halogens is 2. The lowest BCUT2D eigenvalue weighted by molar-refractivity contribution is 0.617. The number of guanidine groups is 1. The highest BCUT2D eigenvalue weighted by Gasteiger charge is 2.09. The van der Waals surface area contributed by atoms with E-state index in [4.69, 9.17) is 0 Å². The summed E-state index contributed by atoms with van der Waals surface area (Å²) < 4.78 is 16.5. The Morgan fingerprint density at radius 1 is 1.17 bits per heavy atom. The van der Waals surface area contributed by atoms with Gasteiger partial charge >= 0.3 is 0 Å². The van der Waals surface area contributed by atoms with Gasteiger partial charge in [-0.1, -0.05) is 13.0 Å². The van der Waals surface area contributed by atoms with Crippen molar-refractivity contribution in [3.8, 4) is 0 Å². The summed E-state index contributed by atoms with van der Waals surface area (Å²) in [7, 11) is 0. The molecule has 0 aliphatic rings. The fourth-order valence-corrected chi connectivity index (χ4v) is 3.02. The first kappa shape index (κ1) is 25.1. The molecule has 0 aliphatic carbocycles. The van der Waals surface area contributed by atoms with Crippen molar-refractivity contribution in [2.75, 3.05) is 31.1 Å². The van der Waals surface area contributed by atoms with Crippen molar-refractivity contribution in [2.45, 2.75) is 47.2 Å². The van der Waals surface area contributed by atoms with Gasteiger partial charge in [-0.15, -0.1) is 34.2 Å². The average Bonchev–Trinajstić information content (AvgIpc) is 3.16. The maximum absolute atomic E-state index is 14.4. The maximum Gasteiger partial charge on any atom is 0.191 e. The van der Waals surface area contributed by atoms with Gasteiger partial charge in [0.1, 0.15) is 18.0 Å². The predicted molar refractivity (Wildman–Crippen MR) is 128 cm³/mol. The molecule has 0 bridgehead atoms. The van der Waals surface area contributed by atoms with Crippen molar-refractivity contribution in [3.05, 3.63) is 41.7 Å². The summed E-state index contributed by atoms with van der Waals surface area (Å²) in [5.41, 5.74) is 1.49. The summed E-state index contributed by atoms with van der Waals surface area (Å²) in [5.74, 6) is 1.48. The standard InChI is InChI=1S/C20H32FN7.HI/c1-5-19-26-25-15-28(19)12-11-23-20(22-6-2)24-14-16-9-10-18(17(21)13-16)27(7-3)8-4;/h9-10,13,15H,5-8,11-12,14H2,1-4H3,(H2,22,23,24);1H. The average molecular weight is 517 g/mol. The fourth-order valence-electron chi connectivity index (χ4n) is 3.02. The molecular formula is C20H33FIN7. The van der Waals surface area contributed by atoms with Crippen LogP contribution in [0.2, 0.25) is 0 Å². The zero-order chi connectivity index (χ0) is 20.4. The van der Waals surface area contributed by atoms with Crippen molar-refractivity contribution in [2.24, 2.45) is 4.99 Å². The smallest absolute Gasteiger partial charge is 0.191 e. The molecule has 1 aromatic carbocycles. The third-order valence-corrected chi connectivity index (χ3v) is 4.54. The lowest BCUT2D eigenvalue weighted by Gasteiger charge is -2.21. The van der Waals surface area contributed by atoms with E-state index in [0.717, 1.165) is 44.0 Å². The molecule has 1 aromatic heterocycles. The Bertz CT molecular complexity index is 759. The maximum atomic E-state index is 14.4. The molecule has 29 heavy (non-hydrogen) atoms. The van der Waals surface area contributed by atoms with Crippen LogP contribution in [0.15, 0.2) is 29.5 Å². The first-order valence-corrected chi connectivity index (χ1v) is 10.0. The van der Waals surface area contributed by atoms with E-state index in [2.05, 4.69) is 32.7 Å². The first-order valence-electron chi connectivity index (χ1n) is 10.0. The van der Waals surface area contributed by atoms with Crippen LogP contribution in [-0.4, -0.2) is 46.9 Å². The van der Waals surface area contributed by atoms with Gasteiger partial charge in [0.25, 0.3) is 0 Å². The second-order valence-electron chi connectivity index (χ2n) is 6.37. The van der Waals surface area contributed by atoms with Crippen LogP contribution < -0.4 is 15.5 Å². The molecular weight excluding hydrogens is 484 g/mol. The quantitative estimate of drug-likeness (QED) is 0.288. The van der Waals surface area contributed by atoms with Crippen molar-refractivity contribution in [1.29, 1.82) is 0 Å². The molecule has 2 aromatic rings. The van der Waals surface area contributed by atoms with Crippen molar-refractivity contribution in [1.82, 2.24) is 25.4 Å². The Kier molecular flexibility index (Phi) is 11.6. The molecule has 0 spiro atoms. The normalized spacial score (nSPS) is 11.1. The van der Waals surface area contributed by atoms with Gasteiger partial charge in [-0.05, 0) is 38.5 Å². The van der Waals surface area contributed by atoms with Crippen LogP contribution in [0.3, 0.4) is 0 Å². The number of benzene rings is 1.